The zero-order valence-electron chi connectivity index (χ0n) is 10.1. The first-order valence-corrected chi connectivity index (χ1v) is 6.47. The summed E-state index contributed by atoms with van der Waals surface area (Å²) in [5.74, 6) is -1.85. The Hall–Kier alpha value is -1.90. The number of halogens is 4. The Morgan fingerprint density at radius 3 is 2.45 bits per heavy atom. The van der Waals surface area contributed by atoms with E-state index in [1.165, 1.54) is 0 Å². The van der Waals surface area contributed by atoms with Crippen LogP contribution in [0.2, 0.25) is 0 Å². The molecule has 0 unspecified atom stereocenters. The Kier molecular flexibility index (Phi) is 3.80. The molecule has 0 aliphatic heterocycles. The molecular weight excluding hydrogens is 296 g/mol. The predicted octanol–water partition coefficient (Wildman–Crippen LogP) is 3.00. The Labute approximate surface area is 115 Å². The van der Waals surface area contributed by atoms with Crippen LogP contribution in [0.4, 0.5) is 23.5 Å². The molecule has 106 valence electrons. The van der Waals surface area contributed by atoms with Crippen molar-refractivity contribution in [3.05, 3.63) is 29.6 Å². The van der Waals surface area contributed by atoms with Gasteiger partial charge in [0.15, 0.2) is 11.0 Å². The van der Waals surface area contributed by atoms with Crippen molar-refractivity contribution in [3.63, 3.8) is 0 Å². The Morgan fingerprint density at radius 2 is 1.85 bits per heavy atom. The summed E-state index contributed by atoms with van der Waals surface area (Å²) in [5, 5.41) is 0.198. The van der Waals surface area contributed by atoms with Crippen molar-refractivity contribution < 1.29 is 17.6 Å². The molecule has 20 heavy (non-hydrogen) atoms. The largest absolute Gasteiger partial charge is 0.419 e. The smallest absolute Gasteiger partial charge is 0.368 e. The number of rotatable bonds is 2. The van der Waals surface area contributed by atoms with E-state index in [-0.39, 0.29) is 22.5 Å². The topological polar surface area (TPSA) is 64.7 Å². The molecule has 0 amide bonds. The first-order valence-electron chi connectivity index (χ1n) is 5.24. The maximum absolute atomic E-state index is 14.0. The summed E-state index contributed by atoms with van der Waals surface area (Å²) >= 11 is 1.12. The molecular formula is C11H8F4N4S. The van der Waals surface area contributed by atoms with E-state index in [1.807, 2.05) is 0 Å². The first-order chi connectivity index (χ1) is 9.32. The van der Waals surface area contributed by atoms with Gasteiger partial charge in [-0.25, -0.2) is 9.37 Å². The molecule has 2 N–H and O–H groups in total. The normalized spacial score (nSPS) is 11.7. The van der Waals surface area contributed by atoms with E-state index >= 15 is 0 Å². The average Bonchev–Trinajstić information content (AvgIpc) is 2.36. The van der Waals surface area contributed by atoms with Gasteiger partial charge in [0.2, 0.25) is 5.95 Å². The minimum atomic E-state index is -4.79. The molecule has 9 heteroatoms. The van der Waals surface area contributed by atoms with Crippen molar-refractivity contribution in [3.8, 4) is 11.4 Å². The molecule has 0 radical (unpaired) electrons. The molecule has 4 nitrogen and oxygen atoms in total. The molecule has 1 aromatic heterocycles. The number of alkyl halides is 3. The van der Waals surface area contributed by atoms with Gasteiger partial charge in [-0.15, -0.1) is 0 Å². The van der Waals surface area contributed by atoms with Crippen molar-refractivity contribution in [1.82, 2.24) is 15.0 Å². The van der Waals surface area contributed by atoms with Crippen molar-refractivity contribution >= 4 is 17.7 Å². The second kappa shape index (κ2) is 5.23. The quantitative estimate of drug-likeness (QED) is 0.682. The van der Waals surface area contributed by atoms with Crippen LogP contribution in [0.5, 0.6) is 0 Å². The number of hydrogen-bond acceptors (Lipinski definition) is 5. The molecule has 0 aliphatic carbocycles. The van der Waals surface area contributed by atoms with Crippen LogP contribution in [0.3, 0.4) is 0 Å². The second-order valence-corrected chi connectivity index (χ2v) is 4.44. The third kappa shape index (κ3) is 2.82. The van der Waals surface area contributed by atoms with E-state index in [1.54, 1.807) is 6.26 Å². The average molecular weight is 304 g/mol. The summed E-state index contributed by atoms with van der Waals surface area (Å²) in [6.07, 6.45) is -3.14. The van der Waals surface area contributed by atoms with E-state index in [2.05, 4.69) is 15.0 Å². The lowest BCUT2D eigenvalue weighted by Crippen LogP contribution is -2.10. The van der Waals surface area contributed by atoms with Gasteiger partial charge in [-0.05, 0) is 18.4 Å². The van der Waals surface area contributed by atoms with Crippen LogP contribution in [-0.4, -0.2) is 21.2 Å². The molecule has 1 aromatic carbocycles. The number of thioether (sulfide) groups is 1. The van der Waals surface area contributed by atoms with E-state index in [9.17, 15) is 17.6 Å². The van der Waals surface area contributed by atoms with Crippen LogP contribution in [0.25, 0.3) is 11.4 Å². The highest BCUT2D eigenvalue weighted by Crippen LogP contribution is 2.34. The number of benzene rings is 1. The van der Waals surface area contributed by atoms with Gasteiger partial charge in [0.1, 0.15) is 5.82 Å². The van der Waals surface area contributed by atoms with Crippen molar-refractivity contribution in [2.75, 3.05) is 12.0 Å². The molecule has 0 saturated heterocycles. The van der Waals surface area contributed by atoms with Gasteiger partial charge in [0.25, 0.3) is 0 Å². The minimum absolute atomic E-state index is 0.184. The van der Waals surface area contributed by atoms with Gasteiger partial charge >= 0.3 is 6.18 Å². The first kappa shape index (κ1) is 14.5. The van der Waals surface area contributed by atoms with Crippen molar-refractivity contribution in [1.29, 1.82) is 0 Å². The maximum atomic E-state index is 14.0. The fourth-order valence-electron chi connectivity index (χ4n) is 1.51. The van der Waals surface area contributed by atoms with E-state index in [0.717, 1.165) is 23.9 Å². The number of nitrogen functional groups attached to an aromatic ring is 1. The second-order valence-electron chi connectivity index (χ2n) is 3.67. The summed E-state index contributed by atoms with van der Waals surface area (Å²) in [7, 11) is 0. The Morgan fingerprint density at radius 1 is 1.15 bits per heavy atom. The van der Waals surface area contributed by atoms with Crippen LogP contribution in [0.1, 0.15) is 5.56 Å². The zero-order valence-corrected chi connectivity index (χ0v) is 10.9. The monoisotopic (exact) mass is 304 g/mol. The van der Waals surface area contributed by atoms with Crippen LogP contribution in [-0.2, 0) is 6.18 Å². The highest BCUT2D eigenvalue weighted by molar-refractivity contribution is 7.98. The molecule has 0 bridgehead atoms. The van der Waals surface area contributed by atoms with E-state index in [0.29, 0.717) is 6.07 Å². The molecule has 1 heterocycles. The lowest BCUT2D eigenvalue weighted by atomic mass is 10.1. The summed E-state index contributed by atoms with van der Waals surface area (Å²) in [5.41, 5.74) is 3.68. The van der Waals surface area contributed by atoms with Crippen LogP contribution in [0.15, 0.2) is 23.4 Å². The minimum Gasteiger partial charge on any atom is -0.368 e. The Balaban J connectivity index is 2.62. The highest BCUT2D eigenvalue weighted by atomic mass is 32.2. The van der Waals surface area contributed by atoms with Crippen molar-refractivity contribution in [2.45, 2.75) is 11.3 Å². The summed E-state index contributed by atoms with van der Waals surface area (Å²) in [6, 6.07) is 2.89. The molecule has 0 saturated carbocycles. The summed E-state index contributed by atoms with van der Waals surface area (Å²) in [4.78, 5) is 11.3. The molecule has 0 atom stereocenters. The molecule has 0 aliphatic rings. The third-order valence-corrected chi connectivity index (χ3v) is 2.91. The van der Waals surface area contributed by atoms with Crippen molar-refractivity contribution in [2.24, 2.45) is 0 Å². The number of aromatic nitrogens is 3. The lowest BCUT2D eigenvalue weighted by Gasteiger charge is -2.10. The number of hydrogen-bond donors (Lipinski definition) is 1. The van der Waals surface area contributed by atoms with Crippen LogP contribution in [0, 0.1) is 5.82 Å². The van der Waals surface area contributed by atoms with Gasteiger partial charge < -0.3 is 5.73 Å². The van der Waals surface area contributed by atoms with Gasteiger partial charge in [0, 0.05) is 0 Å². The number of nitrogens with two attached hydrogens (primary N) is 1. The number of nitrogens with zero attached hydrogens (tertiary/aromatic N) is 3. The molecule has 2 rings (SSSR count). The third-order valence-electron chi connectivity index (χ3n) is 2.36. The lowest BCUT2D eigenvalue weighted by molar-refractivity contribution is -0.139. The summed E-state index contributed by atoms with van der Waals surface area (Å²) < 4.78 is 51.9. The number of anilines is 1. The van der Waals surface area contributed by atoms with Gasteiger partial charge in [-0.2, -0.15) is 23.1 Å². The van der Waals surface area contributed by atoms with Crippen LogP contribution >= 0.6 is 11.8 Å². The van der Waals surface area contributed by atoms with E-state index in [4.69, 9.17) is 5.73 Å². The van der Waals surface area contributed by atoms with Gasteiger partial charge in [-0.3, -0.25) is 0 Å². The van der Waals surface area contributed by atoms with Gasteiger partial charge in [-0.1, -0.05) is 17.8 Å². The van der Waals surface area contributed by atoms with Gasteiger partial charge in [0.05, 0.1) is 11.1 Å². The predicted molar refractivity (Wildman–Crippen MR) is 66.4 cm³/mol. The maximum Gasteiger partial charge on any atom is 0.419 e. The molecule has 2 aromatic rings. The zero-order chi connectivity index (χ0) is 14.9. The highest BCUT2D eigenvalue weighted by Gasteiger charge is 2.35. The standard InChI is InChI=1S/C11H8F4N4S/c1-20-10-18-8(17-9(16)19-10)5-3-2-4-6(7(5)12)11(13,14)15/h2-4H,1H3,(H2,16,17,18,19). The van der Waals surface area contributed by atoms with E-state index < -0.39 is 17.6 Å². The molecule has 0 spiro atoms. The Bertz CT molecular complexity index is 645. The van der Waals surface area contributed by atoms with Crippen LogP contribution < -0.4 is 5.73 Å². The fraction of sp³-hybridized carbons (Fsp3) is 0.182. The molecule has 0 fully saturated rings. The SMILES string of the molecule is CSc1nc(N)nc(-c2cccc(C(F)(F)F)c2F)n1. The summed E-state index contributed by atoms with van der Waals surface area (Å²) in [6.45, 7) is 0. The fourth-order valence-corrected chi connectivity index (χ4v) is 1.87.